The number of nitrogens with zero attached hydrogens (tertiary/aromatic N) is 4. The summed E-state index contributed by atoms with van der Waals surface area (Å²) in [7, 11) is 3.35. The van der Waals surface area contributed by atoms with E-state index >= 15 is 0 Å². The van der Waals surface area contributed by atoms with Crippen molar-refractivity contribution >= 4 is 5.91 Å². The first-order valence-corrected chi connectivity index (χ1v) is 7.97. The molecule has 9 heteroatoms. The molecule has 1 atom stereocenters. The molecule has 0 radical (unpaired) electrons. The Balaban J connectivity index is 2.26. The van der Waals surface area contributed by atoms with Crippen molar-refractivity contribution in [3.05, 3.63) is 51.2 Å². The molecule has 0 bridgehead atoms. The van der Waals surface area contributed by atoms with E-state index in [1.165, 1.54) is 11.1 Å². The third-order valence-electron chi connectivity index (χ3n) is 4.59. The Kier molecular flexibility index (Phi) is 5.29. The zero-order valence-corrected chi connectivity index (χ0v) is 15.3. The van der Waals surface area contributed by atoms with Gasteiger partial charge in [-0.05, 0) is 32.9 Å². The molecule has 0 aliphatic heterocycles. The predicted octanol–water partition coefficient (Wildman–Crippen LogP) is 2.44. The van der Waals surface area contributed by atoms with E-state index in [0.717, 1.165) is 27.6 Å². The van der Waals surface area contributed by atoms with Crippen LogP contribution < -0.4 is 5.56 Å². The topological polar surface area (TPSA) is 60.1 Å². The van der Waals surface area contributed by atoms with Crippen LogP contribution in [0.25, 0.3) is 0 Å². The second kappa shape index (κ2) is 6.97. The summed E-state index contributed by atoms with van der Waals surface area (Å²) in [6.07, 6.45) is -3.58. The Morgan fingerprint density at radius 2 is 1.96 bits per heavy atom. The van der Waals surface area contributed by atoms with Crippen LogP contribution in [-0.2, 0) is 24.6 Å². The predicted molar refractivity (Wildman–Crippen MR) is 89.6 cm³/mol. The van der Waals surface area contributed by atoms with Crippen LogP contribution in [0.5, 0.6) is 0 Å². The summed E-state index contributed by atoms with van der Waals surface area (Å²) in [6.45, 7) is 5.04. The zero-order valence-electron chi connectivity index (χ0n) is 15.3. The van der Waals surface area contributed by atoms with Gasteiger partial charge in [0.15, 0.2) is 0 Å². The highest BCUT2D eigenvalue weighted by atomic mass is 19.4. The van der Waals surface area contributed by atoms with E-state index in [1.54, 1.807) is 18.8 Å². The van der Waals surface area contributed by atoms with Gasteiger partial charge in [-0.1, -0.05) is 0 Å². The molecule has 0 fully saturated rings. The number of hydrogen-bond donors (Lipinski definition) is 0. The lowest BCUT2D eigenvalue weighted by Gasteiger charge is -2.26. The quantitative estimate of drug-likeness (QED) is 0.831. The number of rotatable bonds is 4. The van der Waals surface area contributed by atoms with E-state index in [0.29, 0.717) is 6.07 Å². The van der Waals surface area contributed by atoms with Crippen LogP contribution in [-0.4, -0.2) is 32.2 Å². The molecular weight excluding hydrogens is 349 g/mol. The highest BCUT2D eigenvalue weighted by molar-refractivity contribution is 5.76. The molecule has 0 N–H and O–H groups in total. The van der Waals surface area contributed by atoms with Gasteiger partial charge < -0.3 is 9.47 Å². The van der Waals surface area contributed by atoms with Gasteiger partial charge in [0.05, 0.1) is 11.7 Å². The van der Waals surface area contributed by atoms with Crippen molar-refractivity contribution < 1.29 is 18.0 Å². The summed E-state index contributed by atoms with van der Waals surface area (Å²) in [6, 6.07) is 1.48. The molecule has 26 heavy (non-hydrogen) atoms. The molecule has 2 aromatic rings. The first-order valence-electron chi connectivity index (χ1n) is 7.97. The fourth-order valence-corrected chi connectivity index (χ4v) is 2.94. The molecule has 0 spiro atoms. The maximum Gasteiger partial charge on any atom is 0.421 e. The number of alkyl halides is 3. The lowest BCUT2D eigenvalue weighted by molar-refractivity contribution is -0.139. The van der Waals surface area contributed by atoms with Crippen LogP contribution in [0.3, 0.4) is 0 Å². The summed E-state index contributed by atoms with van der Waals surface area (Å²) >= 11 is 0. The van der Waals surface area contributed by atoms with Gasteiger partial charge in [0.1, 0.15) is 12.1 Å². The molecule has 2 rings (SSSR count). The molecule has 0 aliphatic carbocycles. The Hall–Kier alpha value is -2.58. The minimum absolute atomic E-state index is 0.335. The number of aryl methyl sites for hydroxylation is 2. The summed E-state index contributed by atoms with van der Waals surface area (Å²) < 4.78 is 41.0. The molecule has 2 heterocycles. The third kappa shape index (κ3) is 3.66. The average molecular weight is 370 g/mol. The van der Waals surface area contributed by atoms with Gasteiger partial charge in [0.2, 0.25) is 5.91 Å². The van der Waals surface area contributed by atoms with Crippen LogP contribution in [0.15, 0.2) is 23.1 Å². The minimum atomic E-state index is -4.76. The van der Waals surface area contributed by atoms with Crippen molar-refractivity contribution in [3.63, 3.8) is 0 Å². The fourth-order valence-electron chi connectivity index (χ4n) is 2.94. The average Bonchev–Trinajstić information content (AvgIpc) is 2.79. The number of carbonyl (C=O) groups is 1. The van der Waals surface area contributed by atoms with Gasteiger partial charge in [0.25, 0.3) is 5.56 Å². The number of amides is 1. The van der Waals surface area contributed by atoms with Crippen molar-refractivity contribution in [3.8, 4) is 0 Å². The Morgan fingerprint density at radius 1 is 1.35 bits per heavy atom. The van der Waals surface area contributed by atoms with Crippen molar-refractivity contribution in [1.82, 2.24) is 19.2 Å². The SMILES string of the molecule is Cc1nn(C)c(C)c1[C@H](C)N(C)C(=O)Cn1cccc(C(F)(F)F)c1=O. The van der Waals surface area contributed by atoms with E-state index in [1.807, 2.05) is 20.8 Å². The van der Waals surface area contributed by atoms with Crippen molar-refractivity contribution in [2.45, 2.75) is 39.5 Å². The molecule has 0 aliphatic rings. The van der Waals surface area contributed by atoms with E-state index in [4.69, 9.17) is 0 Å². The molecule has 0 aromatic carbocycles. The lowest BCUT2D eigenvalue weighted by atomic mass is 10.1. The van der Waals surface area contributed by atoms with Gasteiger partial charge in [-0.25, -0.2) is 0 Å². The summed E-state index contributed by atoms with van der Waals surface area (Å²) in [5.41, 5.74) is 0.0182. The van der Waals surface area contributed by atoms with E-state index < -0.39 is 29.8 Å². The maximum atomic E-state index is 12.8. The maximum absolute atomic E-state index is 12.8. The number of likely N-dealkylation sites (N-methyl/N-ethyl adjacent to an activating group) is 1. The van der Waals surface area contributed by atoms with Gasteiger partial charge >= 0.3 is 6.18 Å². The monoisotopic (exact) mass is 370 g/mol. The highest BCUT2D eigenvalue weighted by Crippen LogP contribution is 2.27. The molecule has 0 saturated carbocycles. The van der Waals surface area contributed by atoms with Gasteiger partial charge in [-0.3, -0.25) is 14.3 Å². The minimum Gasteiger partial charge on any atom is -0.337 e. The number of carbonyl (C=O) groups excluding carboxylic acids is 1. The normalized spacial score (nSPS) is 12.9. The highest BCUT2D eigenvalue weighted by Gasteiger charge is 2.34. The first-order chi connectivity index (χ1) is 11.9. The summed E-state index contributed by atoms with van der Waals surface area (Å²) in [5.74, 6) is -0.471. The van der Waals surface area contributed by atoms with Crippen LogP contribution >= 0.6 is 0 Å². The van der Waals surface area contributed by atoms with Crippen LogP contribution in [0.1, 0.15) is 35.5 Å². The number of aromatic nitrogens is 3. The summed E-state index contributed by atoms with van der Waals surface area (Å²) in [4.78, 5) is 25.9. The Labute approximate surface area is 148 Å². The second-order valence-electron chi connectivity index (χ2n) is 6.24. The molecule has 2 aromatic heterocycles. The zero-order chi connectivity index (χ0) is 19.8. The first kappa shape index (κ1) is 19.7. The summed E-state index contributed by atoms with van der Waals surface area (Å²) in [5, 5.41) is 4.31. The standard InChI is InChI=1S/C17H21F3N4O2/c1-10-15(12(3)23(5)21-10)11(2)22(4)14(25)9-24-8-6-7-13(16(24)26)17(18,19)20/h6-8,11H,9H2,1-5H3/t11-/m0/s1. The fraction of sp³-hybridized carbons (Fsp3) is 0.471. The number of halogens is 3. The van der Waals surface area contributed by atoms with Crippen molar-refractivity contribution in [1.29, 1.82) is 0 Å². The van der Waals surface area contributed by atoms with Crippen molar-refractivity contribution in [2.24, 2.45) is 7.05 Å². The number of pyridine rings is 1. The molecule has 142 valence electrons. The van der Waals surface area contributed by atoms with E-state index in [2.05, 4.69) is 5.10 Å². The molecule has 0 unspecified atom stereocenters. The molecule has 1 amide bonds. The van der Waals surface area contributed by atoms with E-state index in [-0.39, 0.29) is 6.04 Å². The van der Waals surface area contributed by atoms with Gasteiger partial charge in [-0.15, -0.1) is 0 Å². The molecular formula is C17H21F3N4O2. The smallest absolute Gasteiger partial charge is 0.337 e. The largest absolute Gasteiger partial charge is 0.421 e. The second-order valence-corrected chi connectivity index (χ2v) is 6.24. The Bertz CT molecular complexity index is 883. The lowest BCUT2D eigenvalue weighted by Crippen LogP contribution is -2.37. The van der Waals surface area contributed by atoms with Crippen LogP contribution in [0.2, 0.25) is 0 Å². The van der Waals surface area contributed by atoms with Crippen molar-refractivity contribution in [2.75, 3.05) is 7.05 Å². The van der Waals surface area contributed by atoms with Crippen LogP contribution in [0, 0.1) is 13.8 Å². The Morgan fingerprint density at radius 3 is 2.46 bits per heavy atom. The van der Waals surface area contributed by atoms with E-state index in [9.17, 15) is 22.8 Å². The van der Waals surface area contributed by atoms with Crippen LogP contribution in [0.4, 0.5) is 13.2 Å². The third-order valence-corrected chi connectivity index (χ3v) is 4.59. The van der Waals surface area contributed by atoms with Gasteiger partial charge in [0, 0.05) is 31.5 Å². The van der Waals surface area contributed by atoms with Gasteiger partial charge in [-0.2, -0.15) is 18.3 Å². The molecule has 6 nitrogen and oxygen atoms in total. The molecule has 0 saturated heterocycles. The number of hydrogen-bond acceptors (Lipinski definition) is 3.